The third kappa shape index (κ3) is 3.72. The highest BCUT2D eigenvalue weighted by molar-refractivity contribution is 14.1. The number of carbonyl (C=O) groups is 1. The molecule has 0 bridgehead atoms. The van der Waals surface area contributed by atoms with Gasteiger partial charge in [0.05, 0.1) is 0 Å². The Morgan fingerprint density at radius 2 is 2.06 bits per heavy atom. The number of hydrogen-bond donors (Lipinski definition) is 1. The third-order valence-corrected chi connectivity index (χ3v) is 4.12. The minimum absolute atomic E-state index is 0.159. The summed E-state index contributed by atoms with van der Waals surface area (Å²) in [4.78, 5) is 11.9. The Bertz CT molecular complexity index is 543. The number of amides is 1. The predicted molar refractivity (Wildman–Crippen MR) is 84.5 cm³/mol. The van der Waals surface area contributed by atoms with Gasteiger partial charge in [0.15, 0.2) is 0 Å². The van der Waals surface area contributed by atoms with Crippen molar-refractivity contribution in [2.45, 2.75) is 6.42 Å². The average molecular weight is 438 g/mol. The quantitative estimate of drug-likeness (QED) is 0.589. The topological polar surface area (TPSA) is 54.9 Å². The predicted octanol–water partition coefficient (Wildman–Crippen LogP) is 3.33. The number of nitrogens with zero attached hydrogens (tertiary/aromatic N) is 2. The number of nitrogens with one attached hydrogen (secondary N) is 1. The minimum Gasteiger partial charge on any atom is -0.296 e. The maximum Gasteiger partial charge on any atom is 0.257 e. The second-order valence-corrected chi connectivity index (χ2v) is 6.50. The summed E-state index contributed by atoms with van der Waals surface area (Å²) < 4.78 is 1.10. The van der Waals surface area contributed by atoms with Gasteiger partial charge in [0.2, 0.25) is 5.13 Å². The van der Waals surface area contributed by atoms with Gasteiger partial charge in [0, 0.05) is 20.9 Å². The molecule has 0 aliphatic carbocycles. The summed E-state index contributed by atoms with van der Waals surface area (Å²) in [7, 11) is 0. The first-order valence-electron chi connectivity index (χ1n) is 5.14. The summed E-state index contributed by atoms with van der Waals surface area (Å²) in [6.07, 6.45) is 0.817. The molecule has 0 radical (unpaired) electrons. The van der Waals surface area contributed by atoms with Gasteiger partial charge in [-0.2, -0.15) is 0 Å². The maximum atomic E-state index is 11.9. The summed E-state index contributed by atoms with van der Waals surface area (Å²) in [6, 6.07) is 7.37. The van der Waals surface area contributed by atoms with Gasteiger partial charge in [-0.1, -0.05) is 27.3 Å². The van der Waals surface area contributed by atoms with E-state index in [-0.39, 0.29) is 5.91 Å². The van der Waals surface area contributed by atoms with Crippen LogP contribution in [0.2, 0.25) is 0 Å². The first-order chi connectivity index (χ1) is 8.69. The molecule has 1 aromatic heterocycles. The van der Waals surface area contributed by atoms with Crippen LogP contribution in [0.15, 0.2) is 24.3 Å². The number of aryl methyl sites for hydroxylation is 1. The highest BCUT2D eigenvalue weighted by Crippen LogP contribution is 2.17. The molecule has 0 fully saturated rings. The van der Waals surface area contributed by atoms with Crippen LogP contribution < -0.4 is 5.32 Å². The van der Waals surface area contributed by atoms with E-state index >= 15 is 0 Å². The van der Waals surface area contributed by atoms with Crippen molar-refractivity contribution in [1.29, 1.82) is 0 Å². The van der Waals surface area contributed by atoms with Crippen molar-refractivity contribution in [2.24, 2.45) is 0 Å². The molecule has 0 aliphatic rings. The monoisotopic (exact) mass is 437 g/mol. The first kappa shape index (κ1) is 13.9. The molecular weight excluding hydrogens is 429 g/mol. The lowest BCUT2D eigenvalue weighted by Gasteiger charge is -2.00. The van der Waals surface area contributed by atoms with Crippen molar-refractivity contribution in [3.8, 4) is 0 Å². The molecule has 1 amide bonds. The van der Waals surface area contributed by atoms with Crippen LogP contribution in [0, 0.1) is 3.57 Å². The van der Waals surface area contributed by atoms with Crippen LogP contribution in [0.4, 0.5) is 5.13 Å². The molecule has 0 unspecified atom stereocenters. The van der Waals surface area contributed by atoms with Crippen LogP contribution in [-0.2, 0) is 6.42 Å². The lowest BCUT2D eigenvalue weighted by Crippen LogP contribution is -2.11. The fourth-order valence-electron chi connectivity index (χ4n) is 1.26. The average Bonchev–Trinajstić information content (AvgIpc) is 2.78. The van der Waals surface area contributed by atoms with Gasteiger partial charge in [0.25, 0.3) is 5.91 Å². The van der Waals surface area contributed by atoms with Gasteiger partial charge in [-0.15, -0.1) is 10.2 Å². The first-order valence-corrected chi connectivity index (χ1v) is 8.16. The van der Waals surface area contributed by atoms with E-state index in [0.717, 1.165) is 20.3 Å². The van der Waals surface area contributed by atoms with E-state index in [0.29, 0.717) is 10.7 Å². The summed E-state index contributed by atoms with van der Waals surface area (Å²) in [6.45, 7) is 0. The largest absolute Gasteiger partial charge is 0.296 e. The fourth-order valence-corrected chi connectivity index (χ4v) is 2.99. The number of carbonyl (C=O) groups excluding carboxylic acids is 1. The number of rotatable bonds is 4. The Morgan fingerprint density at radius 1 is 1.33 bits per heavy atom. The van der Waals surface area contributed by atoms with Crippen molar-refractivity contribution < 1.29 is 4.79 Å². The van der Waals surface area contributed by atoms with Crippen LogP contribution in [0.25, 0.3) is 0 Å². The van der Waals surface area contributed by atoms with Crippen LogP contribution in [0.3, 0.4) is 0 Å². The highest BCUT2D eigenvalue weighted by Gasteiger charge is 2.09. The highest BCUT2D eigenvalue weighted by atomic mass is 127. The lowest BCUT2D eigenvalue weighted by atomic mass is 10.2. The van der Waals surface area contributed by atoms with E-state index in [2.05, 4.69) is 54.0 Å². The van der Waals surface area contributed by atoms with Crippen molar-refractivity contribution >= 4 is 60.9 Å². The molecule has 0 atom stereocenters. The van der Waals surface area contributed by atoms with Crippen LogP contribution in [-0.4, -0.2) is 21.4 Å². The van der Waals surface area contributed by atoms with E-state index in [9.17, 15) is 4.79 Å². The van der Waals surface area contributed by atoms with Gasteiger partial charge in [0.1, 0.15) is 5.01 Å². The minimum atomic E-state index is -0.159. The molecule has 18 heavy (non-hydrogen) atoms. The number of hydrogen-bond acceptors (Lipinski definition) is 4. The fraction of sp³-hybridized carbons (Fsp3) is 0.182. The Morgan fingerprint density at radius 3 is 2.72 bits per heavy atom. The zero-order chi connectivity index (χ0) is 13.0. The number of benzene rings is 1. The Kier molecular flexibility index (Phi) is 5.07. The SMILES string of the molecule is O=C(Nc1nnc(CCBr)s1)c1ccc(I)cc1. The third-order valence-electron chi connectivity index (χ3n) is 2.10. The zero-order valence-electron chi connectivity index (χ0n) is 9.19. The van der Waals surface area contributed by atoms with Gasteiger partial charge in [-0.05, 0) is 46.9 Å². The second kappa shape index (κ2) is 6.58. The molecule has 0 saturated heterocycles. The maximum absolute atomic E-state index is 11.9. The molecule has 0 aliphatic heterocycles. The zero-order valence-corrected chi connectivity index (χ0v) is 13.8. The van der Waals surface area contributed by atoms with E-state index < -0.39 is 0 Å². The number of halogens is 2. The Hall–Kier alpha value is -0.540. The molecule has 2 aromatic rings. The van der Waals surface area contributed by atoms with Gasteiger partial charge < -0.3 is 0 Å². The standard InChI is InChI=1S/C11H9BrIN3OS/c12-6-5-9-15-16-11(18-9)14-10(17)7-1-3-8(13)4-2-7/h1-4H,5-6H2,(H,14,16,17). The smallest absolute Gasteiger partial charge is 0.257 e. The van der Waals surface area contributed by atoms with Crippen molar-refractivity contribution in [1.82, 2.24) is 10.2 Å². The van der Waals surface area contributed by atoms with Crippen LogP contribution >= 0.6 is 49.9 Å². The number of anilines is 1. The molecule has 7 heteroatoms. The molecule has 0 saturated carbocycles. The molecule has 4 nitrogen and oxygen atoms in total. The molecule has 94 valence electrons. The van der Waals surface area contributed by atoms with E-state index in [1.165, 1.54) is 11.3 Å². The molecule has 0 spiro atoms. The summed E-state index contributed by atoms with van der Waals surface area (Å²) in [5.41, 5.74) is 0.618. The van der Waals surface area contributed by atoms with Gasteiger partial charge in [-0.25, -0.2) is 0 Å². The molecule has 1 heterocycles. The molecular formula is C11H9BrIN3OS. The molecule has 2 rings (SSSR count). The van der Waals surface area contributed by atoms with E-state index in [1.807, 2.05) is 12.1 Å². The summed E-state index contributed by atoms with van der Waals surface area (Å²) >= 11 is 6.94. The van der Waals surface area contributed by atoms with Crippen molar-refractivity contribution in [2.75, 3.05) is 10.6 Å². The van der Waals surface area contributed by atoms with Crippen LogP contribution in [0.5, 0.6) is 0 Å². The van der Waals surface area contributed by atoms with Crippen molar-refractivity contribution in [3.63, 3.8) is 0 Å². The molecule has 1 aromatic carbocycles. The Labute approximate surface area is 130 Å². The van der Waals surface area contributed by atoms with Crippen LogP contribution in [0.1, 0.15) is 15.4 Å². The lowest BCUT2D eigenvalue weighted by molar-refractivity contribution is 0.102. The second-order valence-electron chi connectivity index (χ2n) is 3.40. The molecule has 1 N–H and O–H groups in total. The Balaban J connectivity index is 2.04. The normalized spacial score (nSPS) is 10.3. The number of aromatic nitrogens is 2. The summed E-state index contributed by atoms with van der Waals surface area (Å²) in [5, 5.41) is 12.9. The van der Waals surface area contributed by atoms with Crippen molar-refractivity contribution in [3.05, 3.63) is 38.4 Å². The van der Waals surface area contributed by atoms with E-state index in [1.54, 1.807) is 12.1 Å². The van der Waals surface area contributed by atoms with E-state index in [4.69, 9.17) is 0 Å². The van der Waals surface area contributed by atoms with Gasteiger partial charge in [-0.3, -0.25) is 10.1 Å². The van der Waals surface area contributed by atoms with Gasteiger partial charge >= 0.3 is 0 Å². The number of alkyl halides is 1. The summed E-state index contributed by atoms with van der Waals surface area (Å²) in [5.74, 6) is -0.159.